The van der Waals surface area contributed by atoms with Crippen LogP contribution >= 0.6 is 0 Å². The fourth-order valence-electron chi connectivity index (χ4n) is 2.03. The third-order valence-electron chi connectivity index (χ3n) is 3.56. The molecule has 0 aliphatic rings. The Balaban J connectivity index is 2.80. The van der Waals surface area contributed by atoms with E-state index in [0.29, 0.717) is 5.92 Å². The van der Waals surface area contributed by atoms with Crippen molar-refractivity contribution in [1.82, 2.24) is 5.32 Å². The Morgan fingerprint density at radius 2 is 1.67 bits per heavy atom. The van der Waals surface area contributed by atoms with Gasteiger partial charge < -0.3 is 10.1 Å². The van der Waals surface area contributed by atoms with Gasteiger partial charge in [0.05, 0.1) is 0 Å². The largest absolute Gasteiger partial charge is 0.489 e. The highest BCUT2D eigenvalue weighted by molar-refractivity contribution is 5.32. The van der Waals surface area contributed by atoms with Gasteiger partial charge in [0.2, 0.25) is 0 Å². The van der Waals surface area contributed by atoms with E-state index < -0.39 is 0 Å². The third kappa shape index (κ3) is 6.52. The Hall–Kier alpha value is -1.02. The minimum Gasteiger partial charge on any atom is -0.489 e. The van der Waals surface area contributed by atoms with Crippen molar-refractivity contribution in [3.8, 4) is 5.75 Å². The van der Waals surface area contributed by atoms with Crippen LogP contribution < -0.4 is 10.1 Å². The highest BCUT2D eigenvalue weighted by Crippen LogP contribution is 2.26. The third-order valence-corrected chi connectivity index (χ3v) is 3.56. The lowest BCUT2D eigenvalue weighted by molar-refractivity contribution is 0.139. The van der Waals surface area contributed by atoms with E-state index in [1.807, 2.05) is 0 Å². The van der Waals surface area contributed by atoms with E-state index in [4.69, 9.17) is 4.74 Å². The second-order valence-electron chi connectivity index (χ2n) is 8.31. The molecule has 1 rings (SSSR count). The van der Waals surface area contributed by atoms with Crippen LogP contribution in [-0.2, 0) is 5.41 Å². The van der Waals surface area contributed by atoms with E-state index in [-0.39, 0.29) is 17.1 Å². The molecule has 0 aromatic heterocycles. The number of benzene rings is 1. The minimum atomic E-state index is 0.115. The smallest absolute Gasteiger partial charge is 0.120 e. The summed E-state index contributed by atoms with van der Waals surface area (Å²) in [5.41, 5.74) is 1.58. The number of ether oxygens (including phenoxy) is 1. The molecule has 0 aliphatic heterocycles. The Labute approximate surface area is 131 Å². The predicted molar refractivity (Wildman–Crippen MR) is 92.2 cm³/mol. The van der Waals surface area contributed by atoms with Crippen molar-refractivity contribution < 1.29 is 4.74 Å². The van der Waals surface area contributed by atoms with Gasteiger partial charge in [-0.15, -0.1) is 0 Å². The molecule has 21 heavy (non-hydrogen) atoms. The first kappa shape index (κ1) is 18.0. The van der Waals surface area contributed by atoms with Crippen LogP contribution in [0.15, 0.2) is 24.3 Å². The van der Waals surface area contributed by atoms with Crippen LogP contribution in [0, 0.1) is 5.92 Å². The zero-order chi connectivity index (χ0) is 16.3. The van der Waals surface area contributed by atoms with Gasteiger partial charge in [-0.2, -0.15) is 0 Å². The molecule has 1 atom stereocenters. The van der Waals surface area contributed by atoms with Crippen molar-refractivity contribution in [2.24, 2.45) is 5.92 Å². The molecule has 0 saturated heterocycles. The first-order valence-electron chi connectivity index (χ1n) is 8.01. The monoisotopic (exact) mass is 291 g/mol. The van der Waals surface area contributed by atoms with Gasteiger partial charge in [0, 0.05) is 12.1 Å². The highest BCUT2D eigenvalue weighted by Gasteiger charge is 2.20. The van der Waals surface area contributed by atoms with E-state index in [2.05, 4.69) is 85.0 Å². The zero-order valence-electron chi connectivity index (χ0n) is 15.1. The minimum absolute atomic E-state index is 0.115. The standard InChI is InChI=1S/C19H33NO/c1-14(2)17(13-20-19(6,7)8)21-16-11-9-10-15(12-16)18(3,4)5/h9-12,14,17,20H,13H2,1-8H3. The molecule has 1 N–H and O–H groups in total. The lowest BCUT2D eigenvalue weighted by Crippen LogP contribution is -2.44. The second kappa shape index (κ2) is 6.83. The average molecular weight is 291 g/mol. The lowest BCUT2D eigenvalue weighted by Gasteiger charge is -2.28. The van der Waals surface area contributed by atoms with Gasteiger partial charge in [-0.25, -0.2) is 0 Å². The Bertz CT molecular complexity index is 438. The molecule has 0 aliphatic carbocycles. The van der Waals surface area contributed by atoms with Crippen LogP contribution in [0.5, 0.6) is 5.75 Å². The maximum atomic E-state index is 6.24. The molecule has 120 valence electrons. The van der Waals surface area contributed by atoms with Crippen LogP contribution in [0.2, 0.25) is 0 Å². The molecule has 2 heteroatoms. The van der Waals surface area contributed by atoms with E-state index in [1.54, 1.807) is 0 Å². The quantitative estimate of drug-likeness (QED) is 0.843. The Morgan fingerprint density at radius 1 is 1.05 bits per heavy atom. The van der Waals surface area contributed by atoms with Crippen LogP contribution in [0.25, 0.3) is 0 Å². The predicted octanol–water partition coefficient (Wildman–Crippen LogP) is 4.78. The zero-order valence-corrected chi connectivity index (χ0v) is 15.1. The summed E-state index contributed by atoms with van der Waals surface area (Å²) in [6, 6.07) is 8.49. The molecule has 1 unspecified atom stereocenters. The molecule has 0 spiro atoms. The molecule has 0 heterocycles. The summed E-state index contributed by atoms with van der Waals surface area (Å²) in [7, 11) is 0. The Morgan fingerprint density at radius 3 is 2.14 bits per heavy atom. The second-order valence-corrected chi connectivity index (χ2v) is 8.31. The summed E-state index contributed by atoms with van der Waals surface area (Å²) in [4.78, 5) is 0. The van der Waals surface area contributed by atoms with Crippen LogP contribution in [0.3, 0.4) is 0 Å². The van der Waals surface area contributed by atoms with E-state index >= 15 is 0 Å². The molecule has 1 aromatic rings. The number of hydrogen-bond donors (Lipinski definition) is 1. The average Bonchev–Trinajstić information content (AvgIpc) is 2.32. The molecular formula is C19H33NO. The van der Waals surface area contributed by atoms with Gasteiger partial charge in [-0.05, 0) is 49.8 Å². The fraction of sp³-hybridized carbons (Fsp3) is 0.684. The van der Waals surface area contributed by atoms with Gasteiger partial charge in [0.1, 0.15) is 11.9 Å². The molecule has 0 saturated carbocycles. The molecule has 0 radical (unpaired) electrons. The van der Waals surface area contributed by atoms with Gasteiger partial charge >= 0.3 is 0 Å². The first-order chi connectivity index (χ1) is 9.49. The van der Waals surface area contributed by atoms with Gasteiger partial charge in [0.25, 0.3) is 0 Å². The van der Waals surface area contributed by atoms with E-state index in [0.717, 1.165) is 12.3 Å². The molecule has 0 fully saturated rings. The normalized spacial score (nSPS) is 14.3. The number of hydrogen-bond acceptors (Lipinski definition) is 2. The topological polar surface area (TPSA) is 21.3 Å². The van der Waals surface area contributed by atoms with Crippen molar-refractivity contribution in [1.29, 1.82) is 0 Å². The molecular weight excluding hydrogens is 258 g/mol. The fourth-order valence-corrected chi connectivity index (χ4v) is 2.03. The lowest BCUT2D eigenvalue weighted by atomic mass is 9.87. The summed E-state index contributed by atoms with van der Waals surface area (Å²) < 4.78 is 6.24. The molecule has 2 nitrogen and oxygen atoms in total. The summed E-state index contributed by atoms with van der Waals surface area (Å²) in [6.07, 6.45) is 0.180. The number of rotatable bonds is 5. The highest BCUT2D eigenvalue weighted by atomic mass is 16.5. The first-order valence-corrected chi connectivity index (χ1v) is 8.01. The summed E-state index contributed by atoms with van der Waals surface area (Å²) in [5.74, 6) is 1.44. The van der Waals surface area contributed by atoms with Gasteiger partial charge in [0.15, 0.2) is 0 Å². The van der Waals surface area contributed by atoms with E-state index in [1.165, 1.54) is 5.56 Å². The van der Waals surface area contributed by atoms with Crippen LogP contribution in [0.1, 0.15) is 61.0 Å². The Kier molecular flexibility index (Phi) is 5.86. The van der Waals surface area contributed by atoms with Crippen molar-refractivity contribution in [3.05, 3.63) is 29.8 Å². The molecule has 0 amide bonds. The van der Waals surface area contributed by atoms with Crippen molar-refractivity contribution in [3.63, 3.8) is 0 Å². The van der Waals surface area contributed by atoms with Crippen molar-refractivity contribution in [2.75, 3.05) is 6.54 Å². The van der Waals surface area contributed by atoms with Crippen molar-refractivity contribution in [2.45, 2.75) is 72.4 Å². The number of nitrogens with one attached hydrogen (secondary N) is 1. The summed E-state index contributed by atoms with van der Waals surface area (Å²) in [6.45, 7) is 18.5. The summed E-state index contributed by atoms with van der Waals surface area (Å²) >= 11 is 0. The van der Waals surface area contributed by atoms with Crippen LogP contribution in [0.4, 0.5) is 0 Å². The van der Waals surface area contributed by atoms with Crippen molar-refractivity contribution >= 4 is 0 Å². The maximum absolute atomic E-state index is 6.24. The van der Waals surface area contributed by atoms with Gasteiger partial charge in [-0.3, -0.25) is 0 Å². The molecule has 0 bridgehead atoms. The maximum Gasteiger partial charge on any atom is 0.120 e. The molecule has 1 aromatic carbocycles. The SMILES string of the molecule is CC(C)C(CNC(C)(C)C)Oc1cccc(C(C)(C)C)c1. The van der Waals surface area contributed by atoms with Gasteiger partial charge in [-0.1, -0.05) is 46.8 Å². The van der Waals surface area contributed by atoms with E-state index in [9.17, 15) is 0 Å². The van der Waals surface area contributed by atoms with Crippen LogP contribution in [-0.4, -0.2) is 18.2 Å². The summed E-state index contributed by atoms with van der Waals surface area (Å²) in [5, 5.41) is 3.54.